The van der Waals surface area contributed by atoms with E-state index in [1.807, 2.05) is 38.1 Å². The number of carbonyl (C=O) groups is 2. The minimum atomic E-state index is -0.808. The van der Waals surface area contributed by atoms with E-state index in [0.29, 0.717) is 5.01 Å². The van der Waals surface area contributed by atoms with Gasteiger partial charge in [-0.2, -0.15) is 0 Å². The molecule has 0 saturated carbocycles. The number of hydrogen-bond acceptors (Lipinski definition) is 5. The number of nitrogens with zero attached hydrogens (tertiary/aromatic N) is 1. The summed E-state index contributed by atoms with van der Waals surface area (Å²) >= 11 is 1.46. The summed E-state index contributed by atoms with van der Waals surface area (Å²) in [6.45, 7) is 3.68. The number of carbonyl (C=O) groups excluding carboxylic acids is 2. The van der Waals surface area contributed by atoms with Crippen LogP contribution in [0, 0.1) is 11.7 Å². The highest BCUT2D eigenvalue weighted by atomic mass is 32.1. The van der Waals surface area contributed by atoms with Crippen LogP contribution in [0.3, 0.4) is 0 Å². The predicted molar refractivity (Wildman–Crippen MR) is 102 cm³/mol. The predicted octanol–water partition coefficient (Wildman–Crippen LogP) is 3.93. The van der Waals surface area contributed by atoms with Gasteiger partial charge in [-0.05, 0) is 42.3 Å². The molecule has 7 heteroatoms. The molecule has 1 N–H and O–H groups in total. The van der Waals surface area contributed by atoms with E-state index in [2.05, 4.69) is 10.3 Å². The molecule has 3 rings (SSSR count). The van der Waals surface area contributed by atoms with Gasteiger partial charge in [0.2, 0.25) is 0 Å². The Morgan fingerprint density at radius 1 is 1.15 bits per heavy atom. The summed E-state index contributed by atoms with van der Waals surface area (Å²) in [4.78, 5) is 29.2. The van der Waals surface area contributed by atoms with Gasteiger partial charge in [0.1, 0.15) is 23.5 Å². The van der Waals surface area contributed by atoms with Crippen molar-refractivity contribution in [3.05, 3.63) is 64.9 Å². The molecule has 1 amide bonds. The fourth-order valence-electron chi connectivity index (χ4n) is 2.53. The zero-order valence-electron chi connectivity index (χ0n) is 14.9. The number of hydrogen-bond donors (Lipinski definition) is 1. The van der Waals surface area contributed by atoms with E-state index in [9.17, 15) is 14.0 Å². The van der Waals surface area contributed by atoms with Gasteiger partial charge in [-0.1, -0.05) is 26.0 Å². The molecule has 27 heavy (non-hydrogen) atoms. The van der Waals surface area contributed by atoms with Crippen LogP contribution in [0.4, 0.5) is 4.39 Å². The standard InChI is InChI=1S/C20H19FN2O3S/c1-12(2)18(23-19(24)13-7-9-14(21)10-8-13)20(25)26-11-17-22-15-5-3-4-6-16(15)27-17/h3-10,12,18H,11H2,1-2H3,(H,23,24)/t18-/m0/s1. The molecule has 1 atom stereocenters. The molecule has 0 fully saturated rings. The Hall–Kier alpha value is -2.80. The third-order valence-electron chi connectivity index (χ3n) is 3.99. The lowest BCUT2D eigenvalue weighted by atomic mass is 10.0. The second-order valence-electron chi connectivity index (χ2n) is 6.39. The molecule has 3 aromatic rings. The van der Waals surface area contributed by atoms with Crippen molar-refractivity contribution in [2.24, 2.45) is 5.92 Å². The highest BCUT2D eigenvalue weighted by Gasteiger charge is 2.26. The first kappa shape index (κ1) is 19.0. The van der Waals surface area contributed by atoms with E-state index in [4.69, 9.17) is 4.74 Å². The lowest BCUT2D eigenvalue weighted by molar-refractivity contribution is -0.148. The largest absolute Gasteiger partial charge is 0.457 e. The molecule has 0 aliphatic carbocycles. The summed E-state index contributed by atoms with van der Waals surface area (Å²) < 4.78 is 19.4. The molecule has 140 valence electrons. The molecule has 1 heterocycles. The molecule has 2 aromatic carbocycles. The number of benzene rings is 2. The molecular formula is C20H19FN2O3S. The van der Waals surface area contributed by atoms with Crippen molar-refractivity contribution < 1.29 is 18.7 Å². The van der Waals surface area contributed by atoms with Crippen molar-refractivity contribution in [3.8, 4) is 0 Å². The summed E-state index contributed by atoms with van der Waals surface area (Å²) in [6, 6.07) is 12.0. The van der Waals surface area contributed by atoms with Crippen LogP contribution in [-0.2, 0) is 16.1 Å². The Morgan fingerprint density at radius 2 is 1.85 bits per heavy atom. The SMILES string of the molecule is CC(C)[C@H](NC(=O)c1ccc(F)cc1)C(=O)OCc1nc2ccccc2s1. The average Bonchev–Trinajstić information content (AvgIpc) is 3.07. The third-order valence-corrected chi connectivity index (χ3v) is 5.00. The van der Waals surface area contributed by atoms with Crippen LogP contribution >= 0.6 is 11.3 Å². The van der Waals surface area contributed by atoms with Gasteiger partial charge >= 0.3 is 5.97 Å². The minimum absolute atomic E-state index is 0.0494. The Morgan fingerprint density at radius 3 is 2.52 bits per heavy atom. The van der Waals surface area contributed by atoms with E-state index in [1.165, 1.54) is 35.6 Å². The molecule has 0 spiro atoms. The number of nitrogens with one attached hydrogen (secondary N) is 1. The Balaban J connectivity index is 1.64. The summed E-state index contributed by atoms with van der Waals surface area (Å²) in [5, 5.41) is 3.35. The fraction of sp³-hybridized carbons (Fsp3) is 0.250. The lowest BCUT2D eigenvalue weighted by Gasteiger charge is -2.20. The fourth-order valence-corrected chi connectivity index (χ4v) is 3.41. The maximum absolute atomic E-state index is 13.0. The molecule has 1 aromatic heterocycles. The van der Waals surface area contributed by atoms with Gasteiger partial charge in [-0.25, -0.2) is 14.2 Å². The van der Waals surface area contributed by atoms with Gasteiger partial charge < -0.3 is 10.1 Å². The number of aromatic nitrogens is 1. The number of thiazole rings is 1. The maximum Gasteiger partial charge on any atom is 0.329 e. The van der Waals surface area contributed by atoms with Gasteiger partial charge in [0.25, 0.3) is 5.91 Å². The van der Waals surface area contributed by atoms with Crippen LogP contribution < -0.4 is 5.32 Å². The van der Waals surface area contributed by atoms with Crippen LogP contribution in [0.2, 0.25) is 0 Å². The summed E-state index contributed by atoms with van der Waals surface area (Å²) in [5.74, 6) is -1.58. The maximum atomic E-state index is 13.0. The zero-order valence-corrected chi connectivity index (χ0v) is 15.8. The van der Waals surface area contributed by atoms with Crippen LogP contribution in [0.15, 0.2) is 48.5 Å². The van der Waals surface area contributed by atoms with Crippen molar-refractivity contribution in [1.82, 2.24) is 10.3 Å². The van der Waals surface area contributed by atoms with Gasteiger partial charge in [0.15, 0.2) is 0 Å². The van der Waals surface area contributed by atoms with Crippen LogP contribution in [-0.4, -0.2) is 22.9 Å². The van der Waals surface area contributed by atoms with E-state index in [1.54, 1.807) is 0 Å². The third kappa shape index (κ3) is 4.68. The molecule has 0 unspecified atom stereocenters. The number of ether oxygens (including phenoxy) is 1. The van der Waals surface area contributed by atoms with Gasteiger partial charge in [0.05, 0.1) is 10.2 Å². The number of para-hydroxylation sites is 1. The normalized spacial score (nSPS) is 12.1. The second kappa shape index (κ2) is 8.26. The molecule has 0 aliphatic rings. The monoisotopic (exact) mass is 386 g/mol. The number of amides is 1. The average molecular weight is 386 g/mol. The first-order valence-corrected chi connectivity index (χ1v) is 9.33. The van der Waals surface area contributed by atoms with Gasteiger partial charge in [0, 0.05) is 5.56 Å². The first-order chi connectivity index (χ1) is 12.9. The topological polar surface area (TPSA) is 68.3 Å². The van der Waals surface area contributed by atoms with Crippen molar-refractivity contribution in [2.75, 3.05) is 0 Å². The number of halogens is 1. The first-order valence-electron chi connectivity index (χ1n) is 8.51. The number of fused-ring (bicyclic) bond motifs is 1. The van der Waals surface area contributed by atoms with E-state index >= 15 is 0 Å². The van der Waals surface area contributed by atoms with Crippen molar-refractivity contribution in [3.63, 3.8) is 0 Å². The van der Waals surface area contributed by atoms with Gasteiger partial charge in [-0.15, -0.1) is 11.3 Å². The second-order valence-corrected chi connectivity index (χ2v) is 7.50. The van der Waals surface area contributed by atoms with Gasteiger partial charge in [-0.3, -0.25) is 4.79 Å². The zero-order chi connectivity index (χ0) is 19.4. The molecule has 0 bridgehead atoms. The van der Waals surface area contributed by atoms with Crippen molar-refractivity contribution in [2.45, 2.75) is 26.5 Å². The van der Waals surface area contributed by atoms with Crippen LogP contribution in [0.1, 0.15) is 29.2 Å². The Kier molecular flexibility index (Phi) is 5.81. The Bertz CT molecular complexity index is 920. The Labute approximate surface area is 160 Å². The minimum Gasteiger partial charge on any atom is -0.457 e. The smallest absolute Gasteiger partial charge is 0.329 e. The van der Waals surface area contributed by atoms with E-state index < -0.39 is 23.7 Å². The summed E-state index contributed by atoms with van der Waals surface area (Å²) in [7, 11) is 0. The van der Waals surface area contributed by atoms with Crippen molar-refractivity contribution in [1.29, 1.82) is 0 Å². The highest BCUT2D eigenvalue weighted by Crippen LogP contribution is 2.22. The molecule has 0 radical (unpaired) electrons. The van der Waals surface area contributed by atoms with E-state index in [-0.39, 0.29) is 18.1 Å². The van der Waals surface area contributed by atoms with E-state index in [0.717, 1.165) is 10.2 Å². The van der Waals surface area contributed by atoms with Crippen LogP contribution in [0.5, 0.6) is 0 Å². The quantitative estimate of drug-likeness (QED) is 0.652. The van der Waals surface area contributed by atoms with Crippen LogP contribution in [0.25, 0.3) is 10.2 Å². The molecule has 0 aliphatic heterocycles. The summed E-state index contributed by atoms with van der Waals surface area (Å²) in [6.07, 6.45) is 0. The molecule has 0 saturated heterocycles. The number of rotatable bonds is 6. The number of esters is 1. The highest BCUT2D eigenvalue weighted by molar-refractivity contribution is 7.18. The van der Waals surface area contributed by atoms with Crippen molar-refractivity contribution >= 4 is 33.4 Å². The summed E-state index contributed by atoms with van der Waals surface area (Å²) in [5.41, 5.74) is 1.14. The molecular weight excluding hydrogens is 367 g/mol. The lowest BCUT2D eigenvalue weighted by Crippen LogP contribution is -2.45. The molecule has 5 nitrogen and oxygen atoms in total.